The summed E-state index contributed by atoms with van der Waals surface area (Å²) >= 11 is 0. The van der Waals surface area contributed by atoms with E-state index in [0.29, 0.717) is 37.3 Å². The first-order valence-electron chi connectivity index (χ1n) is 12.9. The fourth-order valence-electron chi connectivity index (χ4n) is 4.87. The van der Waals surface area contributed by atoms with Crippen LogP contribution in [-0.4, -0.2) is 49.6 Å². The van der Waals surface area contributed by atoms with Crippen molar-refractivity contribution in [2.75, 3.05) is 20.8 Å². The summed E-state index contributed by atoms with van der Waals surface area (Å²) in [4.78, 5) is 28.6. The minimum absolute atomic E-state index is 0.00126. The van der Waals surface area contributed by atoms with E-state index in [1.54, 1.807) is 19.1 Å². The fraction of sp³-hybridized carbons (Fsp3) is 0.517. The van der Waals surface area contributed by atoms with Gasteiger partial charge in [-0.25, -0.2) is 0 Å². The molecule has 35 heavy (non-hydrogen) atoms. The van der Waals surface area contributed by atoms with Crippen LogP contribution in [0, 0.1) is 0 Å². The molecule has 0 radical (unpaired) electrons. The summed E-state index contributed by atoms with van der Waals surface area (Å²) in [6.07, 6.45) is 7.82. The topological polar surface area (TPSA) is 67.9 Å². The number of nitrogens with zero attached hydrogens (tertiary/aromatic N) is 1. The first kappa shape index (κ1) is 26.6. The molecule has 2 aromatic carbocycles. The Labute approximate surface area is 210 Å². The van der Waals surface area contributed by atoms with Crippen molar-refractivity contribution < 1.29 is 19.1 Å². The van der Waals surface area contributed by atoms with Crippen molar-refractivity contribution in [1.82, 2.24) is 10.2 Å². The van der Waals surface area contributed by atoms with Gasteiger partial charge in [-0.2, -0.15) is 0 Å². The zero-order valence-electron chi connectivity index (χ0n) is 21.4. The molecule has 0 aromatic heterocycles. The molecular formula is C29H40N2O4. The van der Waals surface area contributed by atoms with Crippen LogP contribution >= 0.6 is 0 Å². The van der Waals surface area contributed by atoms with Crippen LogP contribution in [0.1, 0.15) is 63.0 Å². The van der Waals surface area contributed by atoms with E-state index in [0.717, 1.165) is 43.2 Å². The molecule has 1 fully saturated rings. The Balaban J connectivity index is 1.71. The second kappa shape index (κ2) is 13.8. The summed E-state index contributed by atoms with van der Waals surface area (Å²) in [5.74, 6) is 1.29. The van der Waals surface area contributed by atoms with E-state index in [2.05, 4.69) is 17.4 Å². The largest absolute Gasteiger partial charge is 0.493 e. The average Bonchev–Trinajstić information content (AvgIpc) is 2.90. The summed E-state index contributed by atoms with van der Waals surface area (Å²) in [5, 5.41) is 3.24. The Morgan fingerprint density at radius 2 is 1.66 bits per heavy atom. The quantitative estimate of drug-likeness (QED) is 0.467. The number of methoxy groups -OCH3 is 2. The van der Waals surface area contributed by atoms with Gasteiger partial charge in [-0.1, -0.05) is 62.6 Å². The number of benzene rings is 2. The first-order valence-corrected chi connectivity index (χ1v) is 12.9. The zero-order chi connectivity index (χ0) is 25.0. The molecule has 1 aliphatic carbocycles. The molecule has 0 heterocycles. The van der Waals surface area contributed by atoms with Crippen molar-refractivity contribution in [3.8, 4) is 11.5 Å². The highest BCUT2D eigenvalue weighted by atomic mass is 16.5. The molecule has 0 bridgehead atoms. The number of aryl methyl sites for hydroxylation is 1. The first-order chi connectivity index (χ1) is 17.0. The van der Waals surface area contributed by atoms with Crippen LogP contribution in [0.4, 0.5) is 0 Å². The van der Waals surface area contributed by atoms with Gasteiger partial charge in [0.2, 0.25) is 11.8 Å². The van der Waals surface area contributed by atoms with Gasteiger partial charge in [-0.15, -0.1) is 0 Å². The third kappa shape index (κ3) is 7.74. The molecule has 3 rings (SSSR count). The van der Waals surface area contributed by atoms with Gasteiger partial charge in [0.15, 0.2) is 11.5 Å². The molecule has 0 spiro atoms. The van der Waals surface area contributed by atoms with E-state index in [1.807, 2.05) is 43.3 Å². The van der Waals surface area contributed by atoms with E-state index in [1.165, 1.54) is 6.42 Å². The molecule has 1 aliphatic rings. The van der Waals surface area contributed by atoms with Crippen molar-refractivity contribution in [3.05, 3.63) is 59.7 Å². The molecule has 190 valence electrons. The lowest BCUT2D eigenvalue weighted by Crippen LogP contribution is -2.52. The number of amides is 2. The maximum Gasteiger partial charge on any atom is 0.243 e. The van der Waals surface area contributed by atoms with Gasteiger partial charge in [0.25, 0.3) is 0 Å². The standard InChI is InChI=1S/C29H40N2O4/c1-4-25(29(33)30-24-13-9-6-10-14-24)31(20-19-22-11-7-5-8-12-22)28(32)18-16-23-15-17-26(34-2)27(21-23)35-3/h5,7-8,11-12,15,17,21,24-25H,4,6,9-10,13-14,16,18-20H2,1-3H3,(H,30,33). The van der Waals surface area contributed by atoms with Crippen LogP contribution in [0.25, 0.3) is 0 Å². The Hall–Kier alpha value is -3.02. The summed E-state index contributed by atoms with van der Waals surface area (Å²) < 4.78 is 10.7. The van der Waals surface area contributed by atoms with Gasteiger partial charge in [0.1, 0.15) is 6.04 Å². The maximum atomic E-state index is 13.5. The second-order valence-corrected chi connectivity index (χ2v) is 9.28. The molecule has 1 saturated carbocycles. The second-order valence-electron chi connectivity index (χ2n) is 9.28. The Morgan fingerprint density at radius 3 is 2.31 bits per heavy atom. The molecule has 1 N–H and O–H groups in total. The van der Waals surface area contributed by atoms with E-state index in [9.17, 15) is 9.59 Å². The van der Waals surface area contributed by atoms with E-state index in [-0.39, 0.29) is 17.9 Å². The van der Waals surface area contributed by atoms with Crippen LogP contribution in [0.2, 0.25) is 0 Å². The van der Waals surface area contributed by atoms with Gasteiger partial charge in [-0.3, -0.25) is 9.59 Å². The van der Waals surface area contributed by atoms with Crippen molar-refractivity contribution in [3.63, 3.8) is 0 Å². The van der Waals surface area contributed by atoms with Gasteiger partial charge < -0.3 is 19.7 Å². The van der Waals surface area contributed by atoms with Crippen LogP contribution in [0.5, 0.6) is 11.5 Å². The van der Waals surface area contributed by atoms with Crippen LogP contribution < -0.4 is 14.8 Å². The predicted molar refractivity (Wildman–Crippen MR) is 139 cm³/mol. The smallest absolute Gasteiger partial charge is 0.243 e. The minimum Gasteiger partial charge on any atom is -0.493 e. The molecule has 1 unspecified atom stereocenters. The van der Waals surface area contributed by atoms with Gasteiger partial charge in [0.05, 0.1) is 14.2 Å². The Morgan fingerprint density at radius 1 is 0.943 bits per heavy atom. The molecule has 2 amide bonds. The van der Waals surface area contributed by atoms with E-state index < -0.39 is 6.04 Å². The summed E-state index contributed by atoms with van der Waals surface area (Å²) in [6.45, 7) is 2.51. The number of carbonyl (C=O) groups excluding carboxylic acids is 2. The lowest BCUT2D eigenvalue weighted by Gasteiger charge is -2.33. The molecule has 2 aromatic rings. The molecule has 6 heteroatoms. The maximum absolute atomic E-state index is 13.5. The Bertz CT molecular complexity index is 941. The number of carbonyl (C=O) groups is 2. The monoisotopic (exact) mass is 480 g/mol. The van der Waals surface area contributed by atoms with E-state index in [4.69, 9.17) is 9.47 Å². The highest BCUT2D eigenvalue weighted by Gasteiger charge is 2.29. The van der Waals surface area contributed by atoms with Crippen LogP contribution in [0.15, 0.2) is 48.5 Å². The third-order valence-electron chi connectivity index (χ3n) is 6.90. The normalized spacial score (nSPS) is 14.7. The van der Waals surface area contributed by atoms with Gasteiger partial charge in [0, 0.05) is 19.0 Å². The highest BCUT2D eigenvalue weighted by Crippen LogP contribution is 2.28. The lowest BCUT2D eigenvalue weighted by atomic mass is 9.95. The third-order valence-corrected chi connectivity index (χ3v) is 6.90. The summed E-state index contributed by atoms with van der Waals surface area (Å²) in [6, 6.07) is 15.6. The Kier molecular flexibility index (Phi) is 10.5. The molecule has 6 nitrogen and oxygen atoms in total. The van der Waals surface area contributed by atoms with Crippen molar-refractivity contribution in [2.24, 2.45) is 0 Å². The number of hydrogen-bond donors (Lipinski definition) is 1. The van der Waals surface area contributed by atoms with Gasteiger partial charge in [-0.05, 0) is 55.4 Å². The highest BCUT2D eigenvalue weighted by molar-refractivity contribution is 5.88. The van der Waals surface area contributed by atoms with Crippen molar-refractivity contribution in [1.29, 1.82) is 0 Å². The number of rotatable bonds is 12. The number of nitrogens with one attached hydrogen (secondary N) is 1. The number of hydrogen-bond acceptors (Lipinski definition) is 4. The molecular weight excluding hydrogens is 440 g/mol. The molecule has 0 saturated heterocycles. The predicted octanol–water partition coefficient (Wildman–Crippen LogP) is 4.94. The minimum atomic E-state index is -0.460. The lowest BCUT2D eigenvalue weighted by molar-refractivity contribution is -0.141. The van der Waals surface area contributed by atoms with Crippen LogP contribution in [-0.2, 0) is 22.4 Å². The SMILES string of the molecule is CCC(C(=O)NC1CCCCC1)N(CCc1ccccc1)C(=O)CCc1ccc(OC)c(OC)c1. The van der Waals surface area contributed by atoms with Crippen LogP contribution in [0.3, 0.4) is 0 Å². The molecule has 1 atom stereocenters. The molecule has 0 aliphatic heterocycles. The van der Waals surface area contributed by atoms with Crippen molar-refractivity contribution in [2.45, 2.75) is 76.8 Å². The van der Waals surface area contributed by atoms with E-state index >= 15 is 0 Å². The van der Waals surface area contributed by atoms with Crippen molar-refractivity contribution >= 4 is 11.8 Å². The average molecular weight is 481 g/mol. The fourth-order valence-corrected chi connectivity index (χ4v) is 4.87. The summed E-state index contributed by atoms with van der Waals surface area (Å²) in [7, 11) is 3.21. The summed E-state index contributed by atoms with van der Waals surface area (Å²) in [5.41, 5.74) is 2.16. The number of ether oxygens (including phenoxy) is 2. The van der Waals surface area contributed by atoms with Gasteiger partial charge >= 0.3 is 0 Å². The zero-order valence-corrected chi connectivity index (χ0v) is 21.4.